The largest absolute Gasteiger partial charge is 0.321 e. The lowest BCUT2D eigenvalue weighted by atomic mass is 10.1. The highest BCUT2D eigenvalue weighted by Gasteiger charge is 2.28. The number of benzene rings is 3. The van der Waals surface area contributed by atoms with Crippen LogP contribution in [0.15, 0.2) is 88.7 Å². The maximum atomic E-state index is 12.7. The molecular weight excluding hydrogens is 396 g/mol. The van der Waals surface area contributed by atoms with E-state index in [2.05, 4.69) is 5.32 Å². The Hall–Kier alpha value is -3.38. The molecule has 0 unspecified atom stereocenters. The molecule has 1 fully saturated rings. The number of likely N-dealkylation sites (tertiary alicyclic amines) is 1. The van der Waals surface area contributed by atoms with E-state index in [0.717, 1.165) is 21.0 Å². The van der Waals surface area contributed by atoms with Crippen LogP contribution >= 0.6 is 11.8 Å². The van der Waals surface area contributed by atoms with Crippen molar-refractivity contribution in [3.63, 3.8) is 0 Å². The van der Waals surface area contributed by atoms with E-state index in [1.807, 2.05) is 54.6 Å². The Balaban J connectivity index is 1.44. The Morgan fingerprint density at radius 2 is 1.47 bits per heavy atom. The van der Waals surface area contributed by atoms with Gasteiger partial charge in [0.25, 0.3) is 5.91 Å². The molecule has 0 bridgehead atoms. The first kappa shape index (κ1) is 19.9. The van der Waals surface area contributed by atoms with Crippen LogP contribution in [0.1, 0.15) is 28.8 Å². The van der Waals surface area contributed by atoms with Gasteiger partial charge >= 0.3 is 0 Å². The van der Waals surface area contributed by atoms with Gasteiger partial charge in [0.15, 0.2) is 0 Å². The number of nitrogens with zero attached hydrogens (tertiary/aromatic N) is 1. The Bertz CT molecular complexity index is 1070. The maximum absolute atomic E-state index is 12.7. The number of anilines is 1. The lowest BCUT2D eigenvalue weighted by Crippen LogP contribution is -2.28. The predicted molar refractivity (Wildman–Crippen MR) is 116 cm³/mol. The smallest absolute Gasteiger partial charge is 0.255 e. The average molecular weight is 417 g/mol. The quantitative estimate of drug-likeness (QED) is 0.590. The van der Waals surface area contributed by atoms with Crippen molar-refractivity contribution >= 4 is 35.2 Å². The number of imide groups is 1. The van der Waals surface area contributed by atoms with Crippen molar-refractivity contribution in [2.45, 2.75) is 29.2 Å². The van der Waals surface area contributed by atoms with E-state index >= 15 is 0 Å². The standard InChI is InChI=1S/C24H20N2O3S/c27-22-14-15-23(28)26(22)16-17-10-12-18(13-11-17)24(29)25-20-8-4-5-9-21(20)30-19-6-2-1-3-7-19/h1-13H,14-16H2,(H,25,29). The molecule has 0 spiro atoms. The predicted octanol–water partition coefficient (Wildman–Crippen LogP) is 4.74. The zero-order valence-corrected chi connectivity index (χ0v) is 17.0. The molecular formula is C24H20N2O3S. The van der Waals surface area contributed by atoms with Crippen molar-refractivity contribution in [3.8, 4) is 0 Å². The second-order valence-electron chi connectivity index (χ2n) is 6.94. The first-order chi connectivity index (χ1) is 14.6. The van der Waals surface area contributed by atoms with E-state index in [1.54, 1.807) is 36.0 Å². The van der Waals surface area contributed by atoms with Crippen molar-refractivity contribution < 1.29 is 14.4 Å². The molecule has 30 heavy (non-hydrogen) atoms. The van der Waals surface area contributed by atoms with Crippen LogP contribution in [-0.2, 0) is 16.1 Å². The van der Waals surface area contributed by atoms with Gasteiger partial charge in [0.2, 0.25) is 11.8 Å². The summed E-state index contributed by atoms with van der Waals surface area (Å²) in [7, 11) is 0. The lowest BCUT2D eigenvalue weighted by molar-refractivity contribution is -0.139. The third-order valence-electron chi connectivity index (χ3n) is 4.82. The fraction of sp³-hybridized carbons (Fsp3) is 0.125. The van der Waals surface area contributed by atoms with Gasteiger partial charge in [0.1, 0.15) is 0 Å². The van der Waals surface area contributed by atoms with Crippen LogP contribution in [-0.4, -0.2) is 22.6 Å². The van der Waals surface area contributed by atoms with Crippen LogP contribution in [0.4, 0.5) is 5.69 Å². The summed E-state index contributed by atoms with van der Waals surface area (Å²) in [5.41, 5.74) is 2.07. The zero-order valence-electron chi connectivity index (χ0n) is 16.2. The molecule has 0 saturated carbocycles. The molecule has 1 aliphatic rings. The molecule has 150 valence electrons. The van der Waals surface area contributed by atoms with Crippen LogP contribution in [0.2, 0.25) is 0 Å². The van der Waals surface area contributed by atoms with Crippen LogP contribution in [0.25, 0.3) is 0 Å². The van der Waals surface area contributed by atoms with E-state index in [0.29, 0.717) is 5.56 Å². The second-order valence-corrected chi connectivity index (χ2v) is 8.05. The van der Waals surface area contributed by atoms with Gasteiger partial charge in [-0.25, -0.2) is 0 Å². The molecule has 5 nitrogen and oxygen atoms in total. The summed E-state index contributed by atoms with van der Waals surface area (Å²) < 4.78 is 0. The van der Waals surface area contributed by atoms with E-state index in [9.17, 15) is 14.4 Å². The summed E-state index contributed by atoms with van der Waals surface area (Å²) in [6.07, 6.45) is 0.555. The lowest BCUT2D eigenvalue weighted by Gasteiger charge is -2.14. The number of amides is 3. The third kappa shape index (κ3) is 4.60. The highest BCUT2D eigenvalue weighted by atomic mass is 32.2. The molecule has 6 heteroatoms. The molecule has 1 N–H and O–H groups in total. The highest BCUT2D eigenvalue weighted by molar-refractivity contribution is 7.99. The summed E-state index contributed by atoms with van der Waals surface area (Å²) in [5, 5.41) is 2.98. The molecule has 3 aromatic rings. The number of carbonyl (C=O) groups excluding carboxylic acids is 3. The van der Waals surface area contributed by atoms with Crippen LogP contribution in [0.5, 0.6) is 0 Å². The third-order valence-corrected chi connectivity index (χ3v) is 5.90. The fourth-order valence-corrected chi connectivity index (χ4v) is 4.14. The average Bonchev–Trinajstić information content (AvgIpc) is 3.08. The summed E-state index contributed by atoms with van der Waals surface area (Å²) >= 11 is 1.59. The minimum atomic E-state index is -0.212. The SMILES string of the molecule is O=C(Nc1ccccc1Sc1ccccc1)c1ccc(CN2C(=O)CCC2=O)cc1. The summed E-state index contributed by atoms with van der Waals surface area (Å²) in [6, 6.07) is 24.6. The first-order valence-corrected chi connectivity index (χ1v) is 10.5. The maximum Gasteiger partial charge on any atom is 0.255 e. The molecule has 0 radical (unpaired) electrons. The zero-order chi connectivity index (χ0) is 20.9. The van der Waals surface area contributed by atoms with Gasteiger partial charge in [0.05, 0.1) is 12.2 Å². The summed E-state index contributed by atoms with van der Waals surface area (Å²) in [4.78, 5) is 39.6. The highest BCUT2D eigenvalue weighted by Crippen LogP contribution is 2.33. The van der Waals surface area contributed by atoms with Crippen molar-refractivity contribution in [2.24, 2.45) is 0 Å². The number of carbonyl (C=O) groups is 3. The molecule has 1 heterocycles. The minimum absolute atomic E-state index is 0.144. The fourth-order valence-electron chi connectivity index (χ4n) is 3.21. The van der Waals surface area contributed by atoms with Crippen LogP contribution in [0.3, 0.4) is 0 Å². The van der Waals surface area contributed by atoms with Gasteiger partial charge in [-0.05, 0) is 42.0 Å². The van der Waals surface area contributed by atoms with Gasteiger partial charge in [0, 0.05) is 28.2 Å². The Labute approximate surface area is 179 Å². The number of rotatable bonds is 6. The summed E-state index contributed by atoms with van der Waals surface area (Å²) in [5.74, 6) is -0.500. The summed E-state index contributed by atoms with van der Waals surface area (Å²) in [6.45, 7) is 0.246. The van der Waals surface area contributed by atoms with Gasteiger partial charge in [-0.1, -0.05) is 54.2 Å². The normalized spacial score (nSPS) is 13.5. The van der Waals surface area contributed by atoms with E-state index in [-0.39, 0.29) is 37.1 Å². The van der Waals surface area contributed by atoms with Crippen LogP contribution in [0, 0.1) is 0 Å². The molecule has 4 rings (SSSR count). The molecule has 1 aliphatic heterocycles. The first-order valence-electron chi connectivity index (χ1n) is 9.65. The van der Waals surface area contributed by atoms with Gasteiger partial charge in [-0.15, -0.1) is 0 Å². The Kier molecular flexibility index (Phi) is 5.95. The number of para-hydroxylation sites is 1. The van der Waals surface area contributed by atoms with Gasteiger partial charge in [-0.3, -0.25) is 19.3 Å². The molecule has 0 aliphatic carbocycles. The van der Waals surface area contributed by atoms with Crippen molar-refractivity contribution in [2.75, 3.05) is 5.32 Å². The molecule has 0 atom stereocenters. The van der Waals surface area contributed by atoms with Crippen molar-refractivity contribution in [1.29, 1.82) is 0 Å². The molecule has 1 saturated heterocycles. The minimum Gasteiger partial charge on any atom is -0.321 e. The topological polar surface area (TPSA) is 66.5 Å². The monoisotopic (exact) mass is 416 g/mol. The molecule has 3 aromatic carbocycles. The Morgan fingerprint density at radius 3 is 2.17 bits per heavy atom. The van der Waals surface area contributed by atoms with Gasteiger partial charge in [-0.2, -0.15) is 0 Å². The van der Waals surface area contributed by atoms with E-state index < -0.39 is 0 Å². The number of nitrogens with one attached hydrogen (secondary N) is 1. The Morgan fingerprint density at radius 1 is 0.833 bits per heavy atom. The van der Waals surface area contributed by atoms with E-state index in [1.165, 1.54) is 4.90 Å². The van der Waals surface area contributed by atoms with Crippen molar-refractivity contribution in [3.05, 3.63) is 90.0 Å². The van der Waals surface area contributed by atoms with Crippen LogP contribution < -0.4 is 5.32 Å². The molecule has 3 amide bonds. The van der Waals surface area contributed by atoms with E-state index in [4.69, 9.17) is 0 Å². The molecule has 0 aromatic heterocycles. The second kappa shape index (κ2) is 8.97. The number of hydrogen-bond donors (Lipinski definition) is 1. The van der Waals surface area contributed by atoms with Crippen molar-refractivity contribution in [1.82, 2.24) is 4.90 Å². The number of hydrogen-bond acceptors (Lipinski definition) is 4. The van der Waals surface area contributed by atoms with Gasteiger partial charge < -0.3 is 5.32 Å².